The zero-order valence-corrected chi connectivity index (χ0v) is 14.2. The van der Waals surface area contributed by atoms with Gasteiger partial charge in [0.2, 0.25) is 0 Å². The molecule has 1 N–H and O–H groups in total. The minimum Gasteiger partial charge on any atom is -0.444 e. The predicted molar refractivity (Wildman–Crippen MR) is 91.6 cm³/mol. The fraction of sp³-hybridized carbons (Fsp3) is 0.500. The van der Waals surface area contributed by atoms with Crippen LogP contribution in [0, 0.1) is 0 Å². The molecule has 1 fully saturated rings. The van der Waals surface area contributed by atoms with E-state index in [1.165, 1.54) is 5.57 Å². The number of alkyl carbamates (subject to hydrolysis) is 1. The first-order chi connectivity index (χ1) is 10.3. The molecule has 4 heteroatoms. The molecular weight excluding hydrogens is 276 g/mol. The van der Waals surface area contributed by atoms with Crippen LogP contribution in [-0.4, -0.2) is 35.7 Å². The molecule has 0 aromatic carbocycles. The van der Waals surface area contributed by atoms with Crippen LogP contribution >= 0.6 is 0 Å². The van der Waals surface area contributed by atoms with Gasteiger partial charge in [-0.15, -0.1) is 0 Å². The van der Waals surface area contributed by atoms with Crippen LogP contribution in [0.25, 0.3) is 0 Å². The van der Waals surface area contributed by atoms with E-state index in [0.717, 1.165) is 25.2 Å². The lowest BCUT2D eigenvalue weighted by Crippen LogP contribution is -2.58. The Bertz CT molecular complexity index is 478. The maximum Gasteiger partial charge on any atom is 0.407 e. The summed E-state index contributed by atoms with van der Waals surface area (Å²) in [4.78, 5) is 13.9. The van der Waals surface area contributed by atoms with Gasteiger partial charge in [-0.3, -0.25) is 0 Å². The standard InChI is InChI=1S/C18H28N2O2/c1-7-10-16(11-14(8-2)9-3)20-12-15(13-20)19-17(21)22-18(4,5)6/h7-8,10-11,15H,1-2,9,12-13H2,3-6H3,(H,19,21)/b14-11+,16-10+. The Morgan fingerprint density at radius 2 is 2.00 bits per heavy atom. The number of amides is 1. The smallest absolute Gasteiger partial charge is 0.407 e. The number of rotatable bonds is 6. The molecule has 0 saturated carbocycles. The van der Waals surface area contributed by atoms with E-state index in [1.807, 2.05) is 32.9 Å². The maximum absolute atomic E-state index is 11.7. The molecule has 0 bridgehead atoms. The van der Waals surface area contributed by atoms with Crippen molar-refractivity contribution in [1.82, 2.24) is 10.2 Å². The average molecular weight is 304 g/mol. The number of hydrogen-bond acceptors (Lipinski definition) is 3. The molecular formula is C18H28N2O2. The zero-order chi connectivity index (χ0) is 16.8. The molecule has 0 aromatic rings. The first-order valence-corrected chi connectivity index (χ1v) is 7.69. The van der Waals surface area contributed by atoms with E-state index in [9.17, 15) is 4.79 Å². The highest BCUT2D eigenvalue weighted by Gasteiger charge is 2.30. The zero-order valence-electron chi connectivity index (χ0n) is 14.2. The van der Waals surface area contributed by atoms with Gasteiger partial charge in [-0.25, -0.2) is 4.79 Å². The molecule has 22 heavy (non-hydrogen) atoms. The van der Waals surface area contributed by atoms with Gasteiger partial charge in [0.15, 0.2) is 0 Å². The van der Waals surface area contributed by atoms with Crippen LogP contribution in [0.1, 0.15) is 34.1 Å². The maximum atomic E-state index is 11.7. The number of allylic oxidation sites excluding steroid dienone is 5. The van der Waals surface area contributed by atoms with Crippen LogP contribution in [0.2, 0.25) is 0 Å². The van der Waals surface area contributed by atoms with Crippen LogP contribution in [-0.2, 0) is 4.74 Å². The van der Waals surface area contributed by atoms with E-state index < -0.39 is 5.60 Å². The molecule has 0 unspecified atom stereocenters. The topological polar surface area (TPSA) is 41.6 Å². The van der Waals surface area contributed by atoms with Crippen molar-refractivity contribution in [3.8, 4) is 0 Å². The van der Waals surface area contributed by atoms with Gasteiger partial charge in [0.1, 0.15) is 5.60 Å². The predicted octanol–water partition coefficient (Wildman–Crippen LogP) is 3.79. The molecule has 1 heterocycles. The van der Waals surface area contributed by atoms with Gasteiger partial charge in [-0.1, -0.05) is 32.2 Å². The number of ether oxygens (including phenoxy) is 1. The number of hydrogen-bond donors (Lipinski definition) is 1. The van der Waals surface area contributed by atoms with Crippen molar-refractivity contribution in [2.75, 3.05) is 13.1 Å². The summed E-state index contributed by atoms with van der Waals surface area (Å²) < 4.78 is 5.26. The van der Waals surface area contributed by atoms with Crippen molar-refractivity contribution >= 4 is 6.09 Å². The highest BCUT2D eigenvalue weighted by atomic mass is 16.6. The molecule has 1 rings (SSSR count). The Kier molecular flexibility index (Phi) is 6.47. The fourth-order valence-corrected chi connectivity index (χ4v) is 2.12. The van der Waals surface area contributed by atoms with Crippen LogP contribution in [0.15, 0.2) is 48.7 Å². The van der Waals surface area contributed by atoms with Crippen molar-refractivity contribution in [1.29, 1.82) is 0 Å². The van der Waals surface area contributed by atoms with Gasteiger partial charge in [-0.2, -0.15) is 0 Å². The molecule has 0 aliphatic carbocycles. The van der Waals surface area contributed by atoms with Crippen molar-refractivity contribution in [3.63, 3.8) is 0 Å². The van der Waals surface area contributed by atoms with Gasteiger partial charge in [0, 0.05) is 18.8 Å². The largest absolute Gasteiger partial charge is 0.444 e. The molecule has 0 spiro atoms. The number of nitrogens with zero attached hydrogens (tertiary/aromatic N) is 1. The fourth-order valence-electron chi connectivity index (χ4n) is 2.12. The first kappa shape index (κ1) is 18.1. The second-order valence-corrected chi connectivity index (χ2v) is 6.35. The summed E-state index contributed by atoms with van der Waals surface area (Å²) >= 11 is 0. The normalized spacial score (nSPS) is 16.8. The molecule has 4 nitrogen and oxygen atoms in total. The van der Waals surface area contributed by atoms with E-state index in [4.69, 9.17) is 4.74 Å². The van der Waals surface area contributed by atoms with E-state index in [-0.39, 0.29) is 12.1 Å². The Balaban J connectivity index is 2.55. The lowest BCUT2D eigenvalue weighted by molar-refractivity contribution is 0.0437. The summed E-state index contributed by atoms with van der Waals surface area (Å²) in [7, 11) is 0. The molecule has 1 saturated heterocycles. The summed E-state index contributed by atoms with van der Waals surface area (Å²) in [6, 6.07) is 0.116. The Morgan fingerprint density at radius 1 is 1.36 bits per heavy atom. The SMILES string of the molecule is C=C/C=C(\C=C(/C=C)CC)N1CC(NC(=O)OC(C)(C)C)C1. The summed E-state index contributed by atoms with van der Waals surface area (Å²) in [5, 5.41) is 2.88. The molecule has 1 aliphatic heterocycles. The second kappa shape index (κ2) is 7.87. The molecule has 0 radical (unpaired) electrons. The first-order valence-electron chi connectivity index (χ1n) is 7.69. The third kappa shape index (κ3) is 5.80. The Hall–Kier alpha value is -1.97. The summed E-state index contributed by atoms with van der Waals surface area (Å²) in [6.45, 7) is 16.8. The minimum atomic E-state index is -0.468. The van der Waals surface area contributed by atoms with Gasteiger partial charge in [0.25, 0.3) is 0 Å². The van der Waals surface area contributed by atoms with Crippen LogP contribution < -0.4 is 5.32 Å². The third-order valence-corrected chi connectivity index (χ3v) is 3.26. The van der Waals surface area contributed by atoms with E-state index in [2.05, 4.69) is 36.4 Å². The van der Waals surface area contributed by atoms with Crippen LogP contribution in [0.5, 0.6) is 0 Å². The van der Waals surface area contributed by atoms with E-state index in [0.29, 0.717) is 0 Å². The van der Waals surface area contributed by atoms with Crippen LogP contribution in [0.3, 0.4) is 0 Å². The van der Waals surface area contributed by atoms with Gasteiger partial charge >= 0.3 is 6.09 Å². The Labute approximate surface area is 134 Å². The van der Waals surface area contributed by atoms with Crippen molar-refractivity contribution in [3.05, 3.63) is 48.7 Å². The third-order valence-electron chi connectivity index (χ3n) is 3.26. The average Bonchev–Trinajstić information content (AvgIpc) is 2.36. The van der Waals surface area contributed by atoms with Crippen molar-refractivity contribution in [2.45, 2.75) is 45.8 Å². The van der Waals surface area contributed by atoms with Gasteiger partial charge in [-0.05, 0) is 44.9 Å². The number of carbonyl (C=O) groups is 1. The lowest BCUT2D eigenvalue weighted by atomic mass is 10.1. The minimum absolute atomic E-state index is 0.116. The number of carbonyl (C=O) groups excluding carboxylic acids is 1. The quantitative estimate of drug-likeness (QED) is 0.759. The highest BCUT2D eigenvalue weighted by Crippen LogP contribution is 2.20. The monoisotopic (exact) mass is 304 g/mol. The van der Waals surface area contributed by atoms with Gasteiger partial charge in [0.05, 0.1) is 6.04 Å². The van der Waals surface area contributed by atoms with E-state index in [1.54, 1.807) is 6.08 Å². The molecule has 1 amide bonds. The second-order valence-electron chi connectivity index (χ2n) is 6.35. The molecule has 0 atom stereocenters. The van der Waals surface area contributed by atoms with Gasteiger partial charge < -0.3 is 15.0 Å². The summed E-state index contributed by atoms with van der Waals surface area (Å²) in [5.41, 5.74) is 1.80. The molecule has 0 aromatic heterocycles. The highest BCUT2D eigenvalue weighted by molar-refractivity contribution is 5.68. The summed E-state index contributed by atoms with van der Waals surface area (Å²) in [6.07, 6.45) is 8.30. The van der Waals surface area contributed by atoms with Crippen molar-refractivity contribution in [2.24, 2.45) is 0 Å². The molecule has 122 valence electrons. The molecule has 1 aliphatic rings. The van der Waals surface area contributed by atoms with E-state index >= 15 is 0 Å². The summed E-state index contributed by atoms with van der Waals surface area (Å²) in [5.74, 6) is 0. The lowest BCUT2D eigenvalue weighted by Gasteiger charge is -2.42. The van der Waals surface area contributed by atoms with Crippen molar-refractivity contribution < 1.29 is 9.53 Å². The number of likely N-dealkylation sites (tertiary alicyclic amines) is 1. The Morgan fingerprint density at radius 3 is 2.45 bits per heavy atom. The number of nitrogens with one attached hydrogen (secondary N) is 1. The van der Waals surface area contributed by atoms with Crippen LogP contribution in [0.4, 0.5) is 4.79 Å².